The second-order valence-electron chi connectivity index (χ2n) is 2.57. The minimum atomic E-state index is 0.119. The van der Waals surface area contributed by atoms with Gasteiger partial charge in [-0.05, 0) is 24.1 Å². The van der Waals surface area contributed by atoms with Crippen LogP contribution in [-0.2, 0) is 0 Å². The molecule has 0 aliphatic carbocycles. The quantitative estimate of drug-likeness (QED) is 0.724. The standard InChI is InChI=1S/C9H12ClN/c1-2-9(11)7-4-3-5-8(10)6-7/h3-6,9H,2,11H2,1H3/t9-/m1/s1. The summed E-state index contributed by atoms with van der Waals surface area (Å²) in [6, 6.07) is 7.81. The summed E-state index contributed by atoms with van der Waals surface area (Å²) in [5.41, 5.74) is 6.92. The Morgan fingerprint density at radius 3 is 2.82 bits per heavy atom. The Hall–Kier alpha value is -0.530. The first kappa shape index (κ1) is 8.57. The highest BCUT2D eigenvalue weighted by Crippen LogP contribution is 2.17. The van der Waals surface area contributed by atoms with E-state index in [-0.39, 0.29) is 6.04 Å². The third-order valence-electron chi connectivity index (χ3n) is 1.72. The van der Waals surface area contributed by atoms with Gasteiger partial charge in [0.25, 0.3) is 0 Å². The zero-order valence-corrected chi connectivity index (χ0v) is 7.31. The van der Waals surface area contributed by atoms with Crippen molar-refractivity contribution >= 4 is 11.6 Å². The third-order valence-corrected chi connectivity index (χ3v) is 1.95. The van der Waals surface area contributed by atoms with E-state index in [1.807, 2.05) is 24.3 Å². The minimum absolute atomic E-state index is 0.119. The first-order valence-electron chi connectivity index (χ1n) is 3.75. The van der Waals surface area contributed by atoms with Crippen molar-refractivity contribution in [2.45, 2.75) is 19.4 Å². The van der Waals surface area contributed by atoms with Crippen LogP contribution < -0.4 is 5.73 Å². The number of nitrogens with two attached hydrogens (primary N) is 1. The second kappa shape index (κ2) is 3.74. The summed E-state index contributed by atoms with van der Waals surface area (Å²) in [5, 5.41) is 0.756. The van der Waals surface area contributed by atoms with Gasteiger partial charge in [0.05, 0.1) is 0 Å². The zero-order valence-electron chi connectivity index (χ0n) is 6.55. The Morgan fingerprint density at radius 1 is 1.55 bits per heavy atom. The van der Waals surface area contributed by atoms with Crippen LogP contribution in [0, 0.1) is 0 Å². The Kier molecular flexibility index (Phi) is 2.92. The van der Waals surface area contributed by atoms with E-state index in [9.17, 15) is 0 Å². The highest BCUT2D eigenvalue weighted by molar-refractivity contribution is 6.30. The molecule has 1 rings (SSSR count). The molecule has 0 fully saturated rings. The number of hydrogen-bond acceptors (Lipinski definition) is 1. The maximum absolute atomic E-state index is 5.80. The molecular weight excluding hydrogens is 158 g/mol. The van der Waals surface area contributed by atoms with Crippen molar-refractivity contribution in [3.05, 3.63) is 34.9 Å². The maximum atomic E-state index is 5.80. The van der Waals surface area contributed by atoms with Crippen molar-refractivity contribution in [1.82, 2.24) is 0 Å². The Morgan fingerprint density at radius 2 is 2.27 bits per heavy atom. The number of halogens is 1. The summed E-state index contributed by atoms with van der Waals surface area (Å²) in [7, 11) is 0. The van der Waals surface area contributed by atoms with Crippen molar-refractivity contribution in [3.8, 4) is 0 Å². The van der Waals surface area contributed by atoms with Crippen LogP contribution >= 0.6 is 11.6 Å². The van der Waals surface area contributed by atoms with Crippen LogP contribution in [-0.4, -0.2) is 0 Å². The lowest BCUT2D eigenvalue weighted by atomic mass is 10.1. The second-order valence-corrected chi connectivity index (χ2v) is 3.01. The molecule has 0 spiro atoms. The molecule has 11 heavy (non-hydrogen) atoms. The van der Waals surface area contributed by atoms with E-state index in [1.54, 1.807) is 0 Å². The van der Waals surface area contributed by atoms with Gasteiger partial charge in [-0.1, -0.05) is 30.7 Å². The fourth-order valence-corrected chi connectivity index (χ4v) is 1.17. The first-order valence-corrected chi connectivity index (χ1v) is 4.13. The number of benzene rings is 1. The van der Waals surface area contributed by atoms with Crippen LogP contribution in [0.5, 0.6) is 0 Å². The molecule has 0 bridgehead atoms. The SMILES string of the molecule is CC[C@@H](N)c1cccc(Cl)c1. The van der Waals surface area contributed by atoms with Crippen LogP contribution in [0.1, 0.15) is 24.9 Å². The van der Waals surface area contributed by atoms with Crippen LogP contribution in [0.4, 0.5) is 0 Å². The molecule has 2 N–H and O–H groups in total. The zero-order chi connectivity index (χ0) is 8.27. The van der Waals surface area contributed by atoms with Crippen molar-refractivity contribution < 1.29 is 0 Å². The van der Waals surface area contributed by atoms with Crippen molar-refractivity contribution in [2.75, 3.05) is 0 Å². The summed E-state index contributed by atoms with van der Waals surface area (Å²) >= 11 is 5.79. The van der Waals surface area contributed by atoms with Gasteiger partial charge in [-0.2, -0.15) is 0 Å². The monoisotopic (exact) mass is 169 g/mol. The molecule has 0 radical (unpaired) electrons. The van der Waals surface area contributed by atoms with E-state index in [0.29, 0.717) is 0 Å². The fraction of sp³-hybridized carbons (Fsp3) is 0.333. The number of hydrogen-bond donors (Lipinski definition) is 1. The normalized spacial score (nSPS) is 13.0. The molecule has 1 aromatic carbocycles. The van der Waals surface area contributed by atoms with Gasteiger partial charge < -0.3 is 5.73 Å². The van der Waals surface area contributed by atoms with Gasteiger partial charge in [0.15, 0.2) is 0 Å². The molecule has 0 unspecified atom stereocenters. The third kappa shape index (κ3) is 2.21. The highest BCUT2D eigenvalue weighted by Gasteiger charge is 2.01. The lowest BCUT2D eigenvalue weighted by Crippen LogP contribution is -2.07. The molecule has 0 aromatic heterocycles. The molecule has 0 amide bonds. The predicted octanol–water partition coefficient (Wildman–Crippen LogP) is 2.75. The van der Waals surface area contributed by atoms with E-state index in [4.69, 9.17) is 17.3 Å². The fourth-order valence-electron chi connectivity index (χ4n) is 0.973. The summed E-state index contributed by atoms with van der Waals surface area (Å²) < 4.78 is 0. The lowest BCUT2D eigenvalue weighted by molar-refractivity contribution is 0.699. The molecule has 0 aliphatic rings. The number of rotatable bonds is 2. The summed E-state index contributed by atoms with van der Waals surface area (Å²) in [4.78, 5) is 0. The van der Waals surface area contributed by atoms with Crippen molar-refractivity contribution in [2.24, 2.45) is 5.73 Å². The van der Waals surface area contributed by atoms with E-state index in [0.717, 1.165) is 17.0 Å². The molecule has 60 valence electrons. The lowest BCUT2D eigenvalue weighted by Gasteiger charge is -2.08. The first-order chi connectivity index (χ1) is 5.24. The van der Waals surface area contributed by atoms with Crippen LogP contribution in [0.2, 0.25) is 5.02 Å². The van der Waals surface area contributed by atoms with Gasteiger partial charge in [-0.3, -0.25) is 0 Å². The minimum Gasteiger partial charge on any atom is -0.324 e. The molecule has 0 saturated heterocycles. The molecule has 1 aromatic rings. The van der Waals surface area contributed by atoms with E-state index in [1.165, 1.54) is 0 Å². The van der Waals surface area contributed by atoms with Gasteiger partial charge >= 0.3 is 0 Å². The largest absolute Gasteiger partial charge is 0.324 e. The van der Waals surface area contributed by atoms with E-state index in [2.05, 4.69) is 6.92 Å². The highest BCUT2D eigenvalue weighted by atomic mass is 35.5. The predicted molar refractivity (Wildman–Crippen MR) is 48.7 cm³/mol. The van der Waals surface area contributed by atoms with Gasteiger partial charge in [0, 0.05) is 11.1 Å². The van der Waals surface area contributed by atoms with Crippen LogP contribution in [0.15, 0.2) is 24.3 Å². The Bertz CT molecular complexity index is 235. The topological polar surface area (TPSA) is 26.0 Å². The molecule has 2 heteroatoms. The summed E-state index contributed by atoms with van der Waals surface area (Å²) in [5.74, 6) is 0. The van der Waals surface area contributed by atoms with E-state index < -0.39 is 0 Å². The molecular formula is C9H12ClN. The summed E-state index contributed by atoms with van der Waals surface area (Å²) in [6.45, 7) is 2.06. The Labute approximate surface area is 72.2 Å². The molecule has 0 saturated carbocycles. The smallest absolute Gasteiger partial charge is 0.0409 e. The van der Waals surface area contributed by atoms with Gasteiger partial charge in [0.1, 0.15) is 0 Å². The van der Waals surface area contributed by atoms with Gasteiger partial charge in [-0.15, -0.1) is 0 Å². The molecule has 0 heterocycles. The van der Waals surface area contributed by atoms with Gasteiger partial charge in [0.2, 0.25) is 0 Å². The van der Waals surface area contributed by atoms with E-state index >= 15 is 0 Å². The van der Waals surface area contributed by atoms with Crippen molar-refractivity contribution in [3.63, 3.8) is 0 Å². The molecule has 1 nitrogen and oxygen atoms in total. The summed E-state index contributed by atoms with van der Waals surface area (Å²) in [6.07, 6.45) is 0.945. The maximum Gasteiger partial charge on any atom is 0.0409 e. The molecule has 0 aliphatic heterocycles. The van der Waals surface area contributed by atoms with Crippen LogP contribution in [0.25, 0.3) is 0 Å². The van der Waals surface area contributed by atoms with Crippen LogP contribution in [0.3, 0.4) is 0 Å². The van der Waals surface area contributed by atoms with Crippen molar-refractivity contribution in [1.29, 1.82) is 0 Å². The van der Waals surface area contributed by atoms with Gasteiger partial charge in [-0.25, -0.2) is 0 Å². The Balaban J connectivity index is 2.86. The average molecular weight is 170 g/mol. The molecule has 1 atom stereocenters. The average Bonchev–Trinajstić information content (AvgIpc) is 2.03.